The van der Waals surface area contributed by atoms with Crippen LogP contribution >= 0.6 is 0 Å². The molecule has 0 atom stereocenters. The van der Waals surface area contributed by atoms with Crippen molar-refractivity contribution in [2.24, 2.45) is 0 Å². The minimum absolute atomic E-state index is 0.0116. The van der Waals surface area contributed by atoms with Crippen molar-refractivity contribution in [3.05, 3.63) is 17.7 Å². The first kappa shape index (κ1) is 22.8. The fourth-order valence-electron chi connectivity index (χ4n) is 3.18. The summed E-state index contributed by atoms with van der Waals surface area (Å²) < 4.78 is 20.9. The van der Waals surface area contributed by atoms with Crippen molar-refractivity contribution < 1.29 is 28.5 Å². The molecule has 162 valence electrons. The number of nitrogens with zero attached hydrogens (tertiary/aromatic N) is 2. The van der Waals surface area contributed by atoms with Gasteiger partial charge in [-0.05, 0) is 6.42 Å². The average Bonchev–Trinajstić information content (AvgIpc) is 2.75. The number of hydrogen-bond acceptors (Lipinski definition) is 7. The number of methoxy groups -OCH3 is 4. The Balaban J connectivity index is 1.92. The molecule has 0 radical (unpaired) electrons. The minimum Gasteiger partial charge on any atom is -0.496 e. The normalized spacial score (nSPS) is 14.4. The number of nitrogens with one attached hydrogen (secondary N) is 1. The van der Waals surface area contributed by atoms with Crippen LogP contribution in [0.15, 0.2) is 12.1 Å². The number of benzene rings is 1. The van der Waals surface area contributed by atoms with Gasteiger partial charge in [0.15, 0.2) is 11.5 Å². The number of rotatable bonds is 10. The smallest absolute Gasteiger partial charge is 0.257 e. The Labute approximate surface area is 171 Å². The van der Waals surface area contributed by atoms with Crippen LogP contribution in [0.5, 0.6) is 17.2 Å². The van der Waals surface area contributed by atoms with Gasteiger partial charge in [0, 0.05) is 58.6 Å². The fraction of sp³-hybridized carbons (Fsp3) is 0.600. The summed E-state index contributed by atoms with van der Waals surface area (Å²) in [5.74, 6) is 1.27. The standard InChI is InChI=1S/C20H31N3O6/c1-26-11-5-6-21-19(24)14-22-7-9-23(10-8-22)20(25)15-12-17(28-3)18(29-4)13-16(15)27-2/h12-13H,5-11,14H2,1-4H3,(H,21,24). The van der Waals surface area contributed by atoms with E-state index in [9.17, 15) is 9.59 Å². The molecule has 0 aliphatic carbocycles. The first-order chi connectivity index (χ1) is 14.0. The van der Waals surface area contributed by atoms with Gasteiger partial charge >= 0.3 is 0 Å². The zero-order chi connectivity index (χ0) is 21.2. The summed E-state index contributed by atoms with van der Waals surface area (Å²) in [6, 6.07) is 3.29. The molecule has 1 aliphatic heterocycles. The van der Waals surface area contributed by atoms with E-state index in [4.69, 9.17) is 18.9 Å². The van der Waals surface area contributed by atoms with Crippen molar-refractivity contribution in [2.45, 2.75) is 6.42 Å². The Kier molecular flexibility index (Phi) is 9.01. The third kappa shape index (κ3) is 6.23. The molecule has 9 heteroatoms. The van der Waals surface area contributed by atoms with Crippen molar-refractivity contribution in [1.82, 2.24) is 15.1 Å². The van der Waals surface area contributed by atoms with Crippen LogP contribution in [0.4, 0.5) is 0 Å². The molecule has 29 heavy (non-hydrogen) atoms. The van der Waals surface area contributed by atoms with Crippen molar-refractivity contribution in [1.29, 1.82) is 0 Å². The largest absolute Gasteiger partial charge is 0.496 e. The van der Waals surface area contributed by atoms with E-state index in [1.807, 2.05) is 4.90 Å². The Hall–Kier alpha value is -2.52. The Bertz CT molecular complexity index is 689. The van der Waals surface area contributed by atoms with E-state index < -0.39 is 0 Å². The van der Waals surface area contributed by atoms with Gasteiger partial charge in [-0.25, -0.2) is 0 Å². The van der Waals surface area contributed by atoms with Crippen molar-refractivity contribution in [3.63, 3.8) is 0 Å². The van der Waals surface area contributed by atoms with Crippen LogP contribution in [-0.2, 0) is 9.53 Å². The molecule has 0 saturated carbocycles. The van der Waals surface area contributed by atoms with Crippen LogP contribution in [0.3, 0.4) is 0 Å². The lowest BCUT2D eigenvalue weighted by Crippen LogP contribution is -2.51. The molecule has 1 fully saturated rings. The third-order valence-electron chi connectivity index (χ3n) is 4.81. The molecule has 1 aromatic carbocycles. The number of carbonyl (C=O) groups excluding carboxylic acids is 2. The molecule has 0 spiro atoms. The number of carbonyl (C=O) groups is 2. The van der Waals surface area contributed by atoms with Gasteiger partial charge in [-0.1, -0.05) is 0 Å². The first-order valence-corrected chi connectivity index (χ1v) is 9.61. The maximum atomic E-state index is 13.0. The zero-order valence-electron chi connectivity index (χ0n) is 17.7. The summed E-state index contributed by atoms with van der Waals surface area (Å²) in [7, 11) is 6.21. The third-order valence-corrected chi connectivity index (χ3v) is 4.81. The van der Waals surface area contributed by atoms with Gasteiger partial charge in [-0.3, -0.25) is 14.5 Å². The van der Waals surface area contributed by atoms with Crippen molar-refractivity contribution >= 4 is 11.8 Å². The molecular weight excluding hydrogens is 378 g/mol. The van der Waals surface area contributed by atoms with Gasteiger partial charge in [-0.15, -0.1) is 0 Å². The highest BCUT2D eigenvalue weighted by Crippen LogP contribution is 2.35. The fourth-order valence-corrected chi connectivity index (χ4v) is 3.18. The highest BCUT2D eigenvalue weighted by atomic mass is 16.5. The highest BCUT2D eigenvalue weighted by Gasteiger charge is 2.26. The highest BCUT2D eigenvalue weighted by molar-refractivity contribution is 5.98. The second kappa shape index (κ2) is 11.5. The molecule has 1 N–H and O–H groups in total. The van der Waals surface area contributed by atoms with Gasteiger partial charge < -0.3 is 29.2 Å². The summed E-state index contributed by atoms with van der Waals surface area (Å²) in [5, 5.41) is 2.88. The van der Waals surface area contributed by atoms with Crippen molar-refractivity contribution in [2.75, 3.05) is 74.3 Å². The van der Waals surface area contributed by atoms with E-state index in [0.29, 0.717) is 68.7 Å². The Morgan fingerprint density at radius 2 is 1.55 bits per heavy atom. The molecule has 2 rings (SSSR count). The first-order valence-electron chi connectivity index (χ1n) is 9.61. The quantitative estimate of drug-likeness (QED) is 0.567. The summed E-state index contributed by atoms with van der Waals surface area (Å²) in [6.45, 7) is 3.89. The van der Waals surface area contributed by atoms with Gasteiger partial charge in [0.25, 0.3) is 5.91 Å². The lowest BCUT2D eigenvalue weighted by atomic mass is 10.1. The summed E-state index contributed by atoms with van der Waals surface area (Å²) in [4.78, 5) is 28.8. The van der Waals surface area contributed by atoms with Crippen LogP contribution in [0, 0.1) is 0 Å². The van der Waals surface area contributed by atoms with Crippen LogP contribution in [0.2, 0.25) is 0 Å². The molecule has 0 unspecified atom stereocenters. The SMILES string of the molecule is COCCCNC(=O)CN1CCN(C(=O)c2cc(OC)c(OC)cc2OC)CC1. The number of piperazine rings is 1. The molecule has 0 aromatic heterocycles. The van der Waals surface area contributed by atoms with Crippen LogP contribution in [0.25, 0.3) is 0 Å². The summed E-state index contributed by atoms with van der Waals surface area (Å²) in [5.41, 5.74) is 0.425. The zero-order valence-corrected chi connectivity index (χ0v) is 17.7. The van der Waals surface area contributed by atoms with E-state index in [0.717, 1.165) is 6.42 Å². The summed E-state index contributed by atoms with van der Waals surface area (Å²) in [6.07, 6.45) is 0.789. The van der Waals surface area contributed by atoms with E-state index in [-0.39, 0.29) is 11.8 Å². The number of amides is 2. The van der Waals surface area contributed by atoms with Gasteiger partial charge in [0.05, 0.1) is 33.4 Å². The Morgan fingerprint density at radius 1 is 0.931 bits per heavy atom. The number of ether oxygens (including phenoxy) is 4. The monoisotopic (exact) mass is 409 g/mol. The molecule has 1 aromatic rings. The lowest BCUT2D eigenvalue weighted by Gasteiger charge is -2.34. The second-order valence-electron chi connectivity index (χ2n) is 6.67. The van der Waals surface area contributed by atoms with E-state index >= 15 is 0 Å². The van der Waals surface area contributed by atoms with E-state index in [1.54, 1.807) is 24.1 Å². The molecule has 1 heterocycles. The maximum Gasteiger partial charge on any atom is 0.257 e. The van der Waals surface area contributed by atoms with Crippen LogP contribution in [0.1, 0.15) is 16.8 Å². The van der Waals surface area contributed by atoms with E-state index in [1.165, 1.54) is 21.3 Å². The molecular formula is C20H31N3O6. The van der Waals surface area contributed by atoms with Gasteiger partial charge in [-0.2, -0.15) is 0 Å². The van der Waals surface area contributed by atoms with Gasteiger partial charge in [0.1, 0.15) is 5.75 Å². The van der Waals surface area contributed by atoms with Crippen LogP contribution < -0.4 is 19.5 Å². The molecule has 1 saturated heterocycles. The predicted molar refractivity (Wildman–Crippen MR) is 108 cm³/mol. The molecule has 0 bridgehead atoms. The van der Waals surface area contributed by atoms with Gasteiger partial charge in [0.2, 0.25) is 5.91 Å². The minimum atomic E-state index is -0.133. The maximum absolute atomic E-state index is 13.0. The molecule has 1 aliphatic rings. The van der Waals surface area contributed by atoms with Crippen LogP contribution in [-0.4, -0.2) is 95.9 Å². The average molecular weight is 409 g/mol. The second-order valence-corrected chi connectivity index (χ2v) is 6.67. The molecule has 2 amide bonds. The Morgan fingerprint density at radius 3 is 2.14 bits per heavy atom. The van der Waals surface area contributed by atoms with E-state index in [2.05, 4.69) is 5.32 Å². The lowest BCUT2D eigenvalue weighted by molar-refractivity contribution is -0.122. The van der Waals surface area contributed by atoms with Crippen molar-refractivity contribution in [3.8, 4) is 17.2 Å². The topological polar surface area (TPSA) is 89.6 Å². The summed E-state index contributed by atoms with van der Waals surface area (Å²) >= 11 is 0. The number of hydrogen-bond donors (Lipinski definition) is 1. The molecule has 9 nitrogen and oxygen atoms in total. The predicted octanol–water partition coefficient (Wildman–Crippen LogP) is 0.623.